The molecule has 0 bridgehead atoms. The number of ether oxygens (including phenoxy) is 1. The van der Waals surface area contributed by atoms with Crippen molar-refractivity contribution in [2.24, 2.45) is 10.8 Å². The molecule has 1 N–H and O–H groups in total. The van der Waals surface area contributed by atoms with Crippen LogP contribution in [0.25, 0.3) is 5.57 Å². The van der Waals surface area contributed by atoms with E-state index in [9.17, 15) is 4.79 Å². The SMILES string of the molecule is COC(=O)c1ccc(C2=CC[C@]3(C)CNCC=C3C2(C)C)cc1.Cl. The van der Waals surface area contributed by atoms with Gasteiger partial charge in [0.15, 0.2) is 0 Å². The minimum Gasteiger partial charge on any atom is -0.465 e. The van der Waals surface area contributed by atoms with Gasteiger partial charge in [0.1, 0.15) is 0 Å². The monoisotopic (exact) mass is 347 g/mol. The van der Waals surface area contributed by atoms with Gasteiger partial charge >= 0.3 is 5.97 Å². The Morgan fingerprint density at radius 1 is 1.12 bits per heavy atom. The zero-order valence-corrected chi connectivity index (χ0v) is 15.6. The van der Waals surface area contributed by atoms with E-state index in [1.165, 1.54) is 23.8 Å². The highest BCUT2D eigenvalue weighted by atomic mass is 35.5. The Morgan fingerprint density at radius 2 is 1.79 bits per heavy atom. The number of rotatable bonds is 2. The molecule has 3 nitrogen and oxygen atoms in total. The zero-order valence-electron chi connectivity index (χ0n) is 14.8. The van der Waals surface area contributed by atoms with E-state index in [0.29, 0.717) is 5.56 Å². The fourth-order valence-corrected chi connectivity index (χ4v) is 4.17. The Kier molecular flexibility index (Phi) is 5.26. The molecule has 0 fully saturated rings. The Hall–Kier alpha value is -1.58. The highest BCUT2D eigenvalue weighted by Crippen LogP contribution is 2.54. The number of carbonyl (C=O) groups is 1. The van der Waals surface area contributed by atoms with Gasteiger partial charge in [-0.2, -0.15) is 0 Å². The summed E-state index contributed by atoms with van der Waals surface area (Å²) in [5.74, 6) is -0.290. The summed E-state index contributed by atoms with van der Waals surface area (Å²) in [6, 6.07) is 7.76. The molecule has 2 aliphatic rings. The van der Waals surface area contributed by atoms with Crippen molar-refractivity contribution < 1.29 is 9.53 Å². The minimum absolute atomic E-state index is 0. The molecule has 0 aromatic heterocycles. The number of methoxy groups -OCH3 is 1. The molecule has 0 saturated heterocycles. The van der Waals surface area contributed by atoms with E-state index in [2.05, 4.69) is 38.2 Å². The number of fused-ring (bicyclic) bond motifs is 1. The average Bonchev–Trinajstić information content (AvgIpc) is 2.54. The van der Waals surface area contributed by atoms with Gasteiger partial charge in [0, 0.05) is 23.9 Å². The third-order valence-electron chi connectivity index (χ3n) is 5.34. The maximum Gasteiger partial charge on any atom is 0.337 e. The first kappa shape index (κ1) is 18.8. The molecule has 1 aliphatic carbocycles. The number of carbonyl (C=O) groups excluding carboxylic acids is 1. The maximum atomic E-state index is 11.6. The lowest BCUT2D eigenvalue weighted by Crippen LogP contribution is -2.44. The molecule has 130 valence electrons. The van der Waals surface area contributed by atoms with Crippen molar-refractivity contribution in [2.75, 3.05) is 20.2 Å². The molecule has 0 unspecified atom stereocenters. The van der Waals surface area contributed by atoms with Crippen LogP contribution < -0.4 is 5.32 Å². The lowest BCUT2D eigenvalue weighted by Gasteiger charge is -2.48. The van der Waals surface area contributed by atoms with Crippen molar-refractivity contribution in [2.45, 2.75) is 27.2 Å². The Labute approximate surface area is 150 Å². The van der Waals surface area contributed by atoms with Crippen molar-refractivity contribution in [3.05, 3.63) is 53.1 Å². The quantitative estimate of drug-likeness (QED) is 0.642. The van der Waals surface area contributed by atoms with Gasteiger partial charge in [-0.3, -0.25) is 0 Å². The van der Waals surface area contributed by atoms with Crippen LogP contribution in [-0.4, -0.2) is 26.2 Å². The van der Waals surface area contributed by atoms with E-state index in [0.717, 1.165) is 19.5 Å². The van der Waals surface area contributed by atoms with Crippen molar-refractivity contribution in [3.63, 3.8) is 0 Å². The van der Waals surface area contributed by atoms with Gasteiger partial charge in [0.2, 0.25) is 0 Å². The molecule has 3 rings (SSSR count). The van der Waals surface area contributed by atoms with Crippen molar-refractivity contribution in [1.29, 1.82) is 0 Å². The van der Waals surface area contributed by atoms with Gasteiger partial charge < -0.3 is 10.1 Å². The molecule has 4 heteroatoms. The normalized spacial score (nSPS) is 24.8. The molecular formula is C20H26ClNO2. The number of hydrogen-bond acceptors (Lipinski definition) is 3. The highest BCUT2D eigenvalue weighted by Gasteiger charge is 2.44. The molecule has 1 aromatic rings. The molecule has 0 amide bonds. The standard InChI is InChI=1S/C20H25NO2.ClH/c1-19(2)16(9-11-20(3)13-21-12-10-17(19)20)14-5-7-15(8-6-14)18(22)23-4;/h5-10,21H,11-13H2,1-4H3;1H/t20-;/m1./s1. The van der Waals surface area contributed by atoms with Crippen molar-refractivity contribution >= 4 is 23.9 Å². The topological polar surface area (TPSA) is 38.3 Å². The molecular weight excluding hydrogens is 322 g/mol. The summed E-state index contributed by atoms with van der Waals surface area (Å²) < 4.78 is 4.78. The second-order valence-corrected chi connectivity index (χ2v) is 7.33. The van der Waals surface area contributed by atoms with Gasteiger partial charge in [-0.25, -0.2) is 4.79 Å². The molecule has 1 heterocycles. The summed E-state index contributed by atoms with van der Waals surface area (Å²) in [5.41, 5.74) is 4.86. The van der Waals surface area contributed by atoms with Gasteiger partial charge in [-0.1, -0.05) is 50.6 Å². The third kappa shape index (κ3) is 3.03. The lowest BCUT2D eigenvalue weighted by molar-refractivity contribution is 0.0600. The minimum atomic E-state index is -0.290. The number of hydrogen-bond donors (Lipinski definition) is 1. The Bertz CT molecular complexity index is 688. The van der Waals surface area contributed by atoms with Crippen LogP contribution in [0, 0.1) is 10.8 Å². The number of nitrogens with one attached hydrogen (secondary N) is 1. The predicted molar refractivity (Wildman–Crippen MR) is 100 cm³/mol. The molecule has 1 atom stereocenters. The van der Waals surface area contributed by atoms with Gasteiger partial charge in [-0.05, 0) is 29.7 Å². The van der Waals surface area contributed by atoms with Crippen molar-refractivity contribution in [3.8, 4) is 0 Å². The molecule has 24 heavy (non-hydrogen) atoms. The second-order valence-electron chi connectivity index (χ2n) is 7.33. The molecule has 0 spiro atoms. The summed E-state index contributed by atoms with van der Waals surface area (Å²) >= 11 is 0. The summed E-state index contributed by atoms with van der Waals surface area (Å²) in [7, 11) is 1.41. The Balaban J connectivity index is 0.00000208. The van der Waals surface area contributed by atoms with Crippen LogP contribution in [0.2, 0.25) is 0 Å². The van der Waals surface area contributed by atoms with Gasteiger partial charge in [0.25, 0.3) is 0 Å². The molecule has 1 aromatic carbocycles. The molecule has 1 aliphatic heterocycles. The summed E-state index contributed by atoms with van der Waals surface area (Å²) in [6.45, 7) is 8.94. The fraction of sp³-hybridized carbons (Fsp3) is 0.450. The van der Waals surface area contributed by atoms with Crippen molar-refractivity contribution in [1.82, 2.24) is 5.32 Å². The first-order valence-corrected chi connectivity index (χ1v) is 8.20. The van der Waals surface area contributed by atoms with Crippen LogP contribution in [0.1, 0.15) is 43.1 Å². The third-order valence-corrected chi connectivity index (χ3v) is 5.34. The van der Waals surface area contributed by atoms with Gasteiger partial charge in [0.05, 0.1) is 12.7 Å². The highest BCUT2D eigenvalue weighted by molar-refractivity contribution is 5.90. The fourth-order valence-electron chi connectivity index (χ4n) is 4.17. The lowest BCUT2D eigenvalue weighted by atomic mass is 9.58. The predicted octanol–water partition coefficient (Wildman–Crippen LogP) is 4.24. The smallest absolute Gasteiger partial charge is 0.337 e. The second kappa shape index (κ2) is 6.73. The van der Waals surface area contributed by atoms with Gasteiger partial charge in [-0.15, -0.1) is 12.4 Å². The first-order valence-electron chi connectivity index (χ1n) is 8.20. The Morgan fingerprint density at radius 3 is 2.42 bits per heavy atom. The first-order chi connectivity index (χ1) is 10.9. The molecule has 0 radical (unpaired) electrons. The zero-order chi connectivity index (χ0) is 16.7. The largest absolute Gasteiger partial charge is 0.465 e. The van der Waals surface area contributed by atoms with Crippen LogP contribution in [-0.2, 0) is 4.74 Å². The van der Waals surface area contributed by atoms with E-state index >= 15 is 0 Å². The number of halogens is 1. The number of allylic oxidation sites excluding steroid dienone is 2. The summed E-state index contributed by atoms with van der Waals surface area (Å²) in [6.07, 6.45) is 5.78. The maximum absolute atomic E-state index is 11.6. The van der Waals surface area contributed by atoms with E-state index in [4.69, 9.17) is 4.74 Å². The summed E-state index contributed by atoms with van der Waals surface area (Å²) in [4.78, 5) is 11.6. The van der Waals surface area contributed by atoms with Crippen LogP contribution in [0.5, 0.6) is 0 Å². The van der Waals surface area contributed by atoms with Crippen LogP contribution >= 0.6 is 12.4 Å². The van der Waals surface area contributed by atoms with Crippen LogP contribution in [0.15, 0.2) is 42.0 Å². The number of benzene rings is 1. The number of esters is 1. The summed E-state index contributed by atoms with van der Waals surface area (Å²) in [5, 5.41) is 3.49. The molecule has 0 saturated carbocycles. The van der Waals surface area contributed by atoms with E-state index in [1.807, 2.05) is 24.3 Å². The van der Waals surface area contributed by atoms with Crippen LogP contribution in [0.3, 0.4) is 0 Å². The van der Waals surface area contributed by atoms with E-state index in [1.54, 1.807) is 0 Å². The van der Waals surface area contributed by atoms with E-state index in [-0.39, 0.29) is 29.2 Å². The van der Waals surface area contributed by atoms with Crippen LogP contribution in [0.4, 0.5) is 0 Å². The van der Waals surface area contributed by atoms with E-state index < -0.39 is 0 Å². The average molecular weight is 348 g/mol.